The summed E-state index contributed by atoms with van der Waals surface area (Å²) in [5.74, 6) is 1.44. The smallest absolute Gasteiger partial charge is 0.0583 e. The van der Waals surface area contributed by atoms with Crippen molar-refractivity contribution < 1.29 is 10.2 Å². The van der Waals surface area contributed by atoms with Crippen LogP contribution in [0.1, 0.15) is 92.4 Å². The lowest BCUT2D eigenvalue weighted by atomic mass is 9.48. The normalized spacial score (nSPS) is 45.6. The van der Waals surface area contributed by atoms with Crippen LogP contribution in [0.2, 0.25) is 0 Å². The second-order valence-corrected chi connectivity index (χ2v) is 11.4. The van der Waals surface area contributed by atoms with E-state index in [1.54, 1.807) is 16.7 Å². The molecule has 29 heavy (non-hydrogen) atoms. The van der Waals surface area contributed by atoms with Crippen LogP contribution in [0.4, 0.5) is 0 Å². The van der Waals surface area contributed by atoms with Gasteiger partial charge in [0.2, 0.25) is 0 Å². The highest BCUT2D eigenvalue weighted by Gasteiger charge is 2.58. The molecule has 4 aliphatic rings. The number of aliphatic hydroxyl groups excluding tert-OH is 2. The van der Waals surface area contributed by atoms with Crippen LogP contribution in [0.3, 0.4) is 0 Å². The largest absolute Gasteiger partial charge is 0.393 e. The summed E-state index contributed by atoms with van der Waals surface area (Å²) in [7, 11) is 0. The van der Waals surface area contributed by atoms with E-state index in [9.17, 15) is 10.2 Å². The highest BCUT2D eigenvalue weighted by molar-refractivity contribution is 5.36. The maximum absolute atomic E-state index is 11.1. The predicted molar refractivity (Wildman–Crippen MR) is 120 cm³/mol. The molecule has 0 aromatic carbocycles. The van der Waals surface area contributed by atoms with E-state index in [2.05, 4.69) is 46.8 Å². The minimum absolute atomic E-state index is 0.0911. The van der Waals surface area contributed by atoms with E-state index in [1.165, 1.54) is 31.3 Å². The number of allylic oxidation sites excluding steroid dienone is 6. The predicted octanol–water partition coefficient (Wildman–Crippen LogP) is 6.34. The first-order valence-corrected chi connectivity index (χ1v) is 12.1. The summed E-state index contributed by atoms with van der Waals surface area (Å²) in [6.45, 7) is 11.7. The minimum Gasteiger partial charge on any atom is -0.393 e. The van der Waals surface area contributed by atoms with Crippen molar-refractivity contribution in [3.8, 4) is 0 Å². The molecular formula is C27H42O2. The Morgan fingerprint density at radius 1 is 1.07 bits per heavy atom. The first-order valence-electron chi connectivity index (χ1n) is 12.1. The van der Waals surface area contributed by atoms with Crippen LogP contribution in [-0.4, -0.2) is 22.4 Å². The number of fused-ring (bicyclic) bond motifs is 5. The summed E-state index contributed by atoms with van der Waals surface area (Å²) in [6.07, 6.45) is 14.1. The molecule has 0 aromatic heterocycles. The van der Waals surface area contributed by atoms with Gasteiger partial charge in [-0.3, -0.25) is 0 Å². The maximum atomic E-state index is 11.1. The molecule has 3 saturated carbocycles. The number of hydrogen-bond acceptors (Lipinski definition) is 2. The molecule has 4 rings (SSSR count). The first kappa shape index (κ1) is 21.4. The average Bonchev–Trinajstić information content (AvgIpc) is 3.00. The summed E-state index contributed by atoms with van der Waals surface area (Å²) in [4.78, 5) is 0. The second kappa shape index (κ2) is 7.68. The van der Waals surface area contributed by atoms with E-state index in [-0.39, 0.29) is 29.0 Å². The van der Waals surface area contributed by atoms with E-state index in [1.807, 2.05) is 0 Å². The van der Waals surface area contributed by atoms with E-state index in [0.717, 1.165) is 32.1 Å². The maximum Gasteiger partial charge on any atom is 0.0583 e. The molecule has 0 bridgehead atoms. The Morgan fingerprint density at radius 2 is 1.83 bits per heavy atom. The van der Waals surface area contributed by atoms with Gasteiger partial charge in [-0.2, -0.15) is 0 Å². The van der Waals surface area contributed by atoms with Crippen molar-refractivity contribution in [3.05, 3.63) is 34.4 Å². The molecule has 0 radical (unpaired) electrons. The molecule has 7 atom stereocenters. The van der Waals surface area contributed by atoms with Crippen LogP contribution < -0.4 is 0 Å². The Labute approximate surface area is 178 Å². The summed E-state index contributed by atoms with van der Waals surface area (Å²) in [5, 5.41) is 21.3. The summed E-state index contributed by atoms with van der Waals surface area (Å²) >= 11 is 0. The molecule has 0 saturated heterocycles. The molecule has 0 heterocycles. The monoisotopic (exact) mass is 398 g/mol. The van der Waals surface area contributed by atoms with Gasteiger partial charge in [0.1, 0.15) is 0 Å². The fourth-order valence-electron chi connectivity index (χ4n) is 7.80. The van der Waals surface area contributed by atoms with E-state index < -0.39 is 0 Å². The van der Waals surface area contributed by atoms with Gasteiger partial charge in [-0.05, 0) is 107 Å². The minimum atomic E-state index is -0.258. The second-order valence-electron chi connectivity index (χ2n) is 11.4. The van der Waals surface area contributed by atoms with Crippen molar-refractivity contribution in [2.24, 2.45) is 28.6 Å². The molecule has 2 nitrogen and oxygen atoms in total. The zero-order valence-electron chi connectivity index (χ0n) is 19.3. The van der Waals surface area contributed by atoms with Crippen molar-refractivity contribution in [2.45, 2.75) is 105 Å². The van der Waals surface area contributed by atoms with Crippen molar-refractivity contribution >= 4 is 0 Å². The third kappa shape index (κ3) is 3.49. The lowest BCUT2D eigenvalue weighted by Gasteiger charge is -2.57. The summed E-state index contributed by atoms with van der Waals surface area (Å²) in [6, 6.07) is 0. The average molecular weight is 399 g/mol. The summed E-state index contributed by atoms with van der Waals surface area (Å²) in [5.41, 5.74) is 6.77. The van der Waals surface area contributed by atoms with E-state index >= 15 is 0 Å². The van der Waals surface area contributed by atoms with Gasteiger partial charge in [0.25, 0.3) is 0 Å². The van der Waals surface area contributed by atoms with Gasteiger partial charge >= 0.3 is 0 Å². The standard InChI is InChI=1S/C27H42O2/c1-17(2)7-6-8-18(3)21-9-10-22-20-16-25(29)24-15-19(28)11-13-27(24,5)23(20)12-14-26(21,22)4/h7,12,19-20,22,24-25,28-29H,6,8-11,13-16H2,1-5H3/t19-,20-,22-,24-,25-,26+,27+/m0/s1. The molecule has 0 spiro atoms. The fraction of sp³-hybridized carbons (Fsp3) is 0.778. The Hall–Kier alpha value is -0.860. The zero-order valence-corrected chi connectivity index (χ0v) is 19.3. The van der Waals surface area contributed by atoms with Crippen LogP contribution in [0.25, 0.3) is 0 Å². The lowest BCUT2D eigenvalue weighted by Crippen LogP contribution is -2.53. The van der Waals surface area contributed by atoms with Crippen molar-refractivity contribution in [2.75, 3.05) is 0 Å². The van der Waals surface area contributed by atoms with Gasteiger partial charge < -0.3 is 10.2 Å². The highest BCUT2D eigenvalue weighted by atomic mass is 16.3. The van der Waals surface area contributed by atoms with Crippen molar-refractivity contribution in [3.63, 3.8) is 0 Å². The number of aliphatic hydroxyl groups is 2. The Balaban J connectivity index is 1.63. The van der Waals surface area contributed by atoms with Crippen LogP contribution in [-0.2, 0) is 0 Å². The van der Waals surface area contributed by atoms with Gasteiger partial charge in [-0.1, -0.05) is 48.3 Å². The Kier molecular flexibility index (Phi) is 5.66. The van der Waals surface area contributed by atoms with Crippen molar-refractivity contribution in [1.82, 2.24) is 0 Å². The third-order valence-electron chi connectivity index (χ3n) is 9.39. The zero-order chi connectivity index (χ0) is 21.0. The van der Waals surface area contributed by atoms with Gasteiger partial charge in [-0.15, -0.1) is 0 Å². The number of hydrogen-bond donors (Lipinski definition) is 2. The molecule has 3 fully saturated rings. The van der Waals surface area contributed by atoms with Crippen LogP contribution in [0, 0.1) is 28.6 Å². The summed E-state index contributed by atoms with van der Waals surface area (Å²) < 4.78 is 0. The molecule has 0 aromatic rings. The molecule has 4 aliphatic carbocycles. The van der Waals surface area contributed by atoms with Crippen LogP contribution in [0.5, 0.6) is 0 Å². The third-order valence-corrected chi connectivity index (χ3v) is 9.39. The SMILES string of the molecule is CC(C)=CCCC(C)=C1CC[C@H]2[C@@H]3C[C@H](O)[C@@H]4C[C@@H](O)CC[C@]4(C)C3=CC[C@]12C. The topological polar surface area (TPSA) is 40.5 Å². The van der Waals surface area contributed by atoms with Gasteiger partial charge in [0.05, 0.1) is 12.2 Å². The highest BCUT2D eigenvalue weighted by Crippen LogP contribution is 2.65. The quantitative estimate of drug-likeness (QED) is 0.544. The molecule has 0 unspecified atom stereocenters. The number of rotatable bonds is 3. The molecule has 162 valence electrons. The first-order chi connectivity index (χ1) is 13.7. The molecule has 0 aliphatic heterocycles. The molecule has 2 heteroatoms. The van der Waals surface area contributed by atoms with Crippen LogP contribution >= 0.6 is 0 Å². The molecule has 0 amide bonds. The fourth-order valence-corrected chi connectivity index (χ4v) is 7.80. The van der Waals surface area contributed by atoms with Gasteiger partial charge in [0, 0.05) is 0 Å². The van der Waals surface area contributed by atoms with Gasteiger partial charge in [-0.25, -0.2) is 0 Å². The lowest BCUT2D eigenvalue weighted by molar-refractivity contribution is -0.0777. The van der Waals surface area contributed by atoms with E-state index in [0.29, 0.717) is 11.8 Å². The van der Waals surface area contributed by atoms with E-state index in [4.69, 9.17) is 0 Å². The van der Waals surface area contributed by atoms with Crippen molar-refractivity contribution in [1.29, 1.82) is 0 Å². The Bertz CT molecular complexity index is 740. The molecule has 2 N–H and O–H groups in total. The molecular weight excluding hydrogens is 356 g/mol. The van der Waals surface area contributed by atoms with Crippen LogP contribution in [0.15, 0.2) is 34.4 Å². The van der Waals surface area contributed by atoms with Gasteiger partial charge in [0.15, 0.2) is 0 Å². The Morgan fingerprint density at radius 3 is 2.55 bits per heavy atom.